The van der Waals surface area contributed by atoms with Crippen LogP contribution in [0.5, 0.6) is 5.88 Å². The monoisotopic (exact) mass is 335 g/mol. The first kappa shape index (κ1) is 14.9. The lowest BCUT2D eigenvalue weighted by atomic mass is 10.0. The Kier molecular flexibility index (Phi) is 3.46. The number of carboxylic acids is 1. The molecule has 3 aromatic rings. The van der Waals surface area contributed by atoms with E-state index in [0.717, 1.165) is 10.9 Å². The highest BCUT2D eigenvalue weighted by atomic mass is 16.6. The number of aliphatic carboxylic acids is 1. The van der Waals surface area contributed by atoms with Crippen LogP contribution < -0.4 is 0 Å². The molecule has 0 radical (unpaired) electrons. The van der Waals surface area contributed by atoms with Crippen molar-refractivity contribution in [3.8, 4) is 5.88 Å². The summed E-state index contributed by atoms with van der Waals surface area (Å²) in [7, 11) is 0. The van der Waals surface area contributed by atoms with Crippen LogP contribution in [0.4, 0.5) is 5.69 Å². The first-order valence-corrected chi connectivity index (χ1v) is 7.55. The van der Waals surface area contributed by atoms with Gasteiger partial charge in [0.2, 0.25) is 6.61 Å². The molecule has 7 heteroatoms. The average Bonchev–Trinajstić information content (AvgIpc) is 3.11. The van der Waals surface area contributed by atoms with Crippen LogP contribution in [0.15, 0.2) is 58.7 Å². The Hall–Kier alpha value is -3.61. The molecule has 0 amide bonds. The molecule has 0 unspecified atom stereocenters. The van der Waals surface area contributed by atoms with E-state index in [1.54, 1.807) is 0 Å². The van der Waals surface area contributed by atoms with E-state index >= 15 is 0 Å². The van der Waals surface area contributed by atoms with Crippen molar-refractivity contribution >= 4 is 34.0 Å². The summed E-state index contributed by atoms with van der Waals surface area (Å²) in [6.07, 6.45) is 0. The van der Waals surface area contributed by atoms with Gasteiger partial charge in [0.25, 0.3) is 0 Å². The third kappa shape index (κ3) is 2.51. The molecule has 2 heterocycles. The largest absolute Gasteiger partial charge is 0.494 e. The lowest BCUT2D eigenvalue weighted by Crippen LogP contribution is -2.14. The Morgan fingerprint density at radius 2 is 1.92 bits per heavy atom. The maximum atomic E-state index is 10.7. The van der Waals surface area contributed by atoms with E-state index in [4.69, 9.17) is 9.94 Å². The zero-order chi connectivity index (χ0) is 17.4. The van der Waals surface area contributed by atoms with Gasteiger partial charge in [-0.05, 0) is 12.1 Å². The summed E-state index contributed by atoms with van der Waals surface area (Å²) in [6.45, 7) is -0.557. The second-order valence-electron chi connectivity index (χ2n) is 5.48. The number of aliphatic imine (C=N–C) groups is 1. The number of nitrogens with one attached hydrogen (secondary N) is 1. The summed E-state index contributed by atoms with van der Waals surface area (Å²) in [5, 5.41) is 23.9. The number of fused-ring (bicyclic) bond motifs is 2. The molecule has 124 valence electrons. The van der Waals surface area contributed by atoms with Crippen molar-refractivity contribution in [3.05, 3.63) is 59.7 Å². The molecule has 0 fully saturated rings. The minimum Gasteiger partial charge on any atom is -0.494 e. The van der Waals surface area contributed by atoms with Crippen molar-refractivity contribution in [1.29, 1.82) is 0 Å². The van der Waals surface area contributed by atoms with E-state index in [2.05, 4.69) is 15.1 Å². The number of rotatable bonds is 4. The van der Waals surface area contributed by atoms with Crippen LogP contribution in [0.3, 0.4) is 0 Å². The summed E-state index contributed by atoms with van der Waals surface area (Å²) in [5.74, 6) is -1.15. The zero-order valence-corrected chi connectivity index (χ0v) is 12.9. The maximum absolute atomic E-state index is 10.7. The first-order chi connectivity index (χ1) is 12.1. The van der Waals surface area contributed by atoms with Crippen LogP contribution in [0.1, 0.15) is 11.1 Å². The highest BCUT2D eigenvalue weighted by Crippen LogP contribution is 2.35. The lowest BCUT2D eigenvalue weighted by molar-refractivity contribution is -0.142. The molecule has 25 heavy (non-hydrogen) atoms. The van der Waals surface area contributed by atoms with E-state index in [1.165, 1.54) is 0 Å². The molecule has 7 nitrogen and oxygen atoms in total. The molecule has 1 aliphatic heterocycles. The second kappa shape index (κ2) is 5.79. The van der Waals surface area contributed by atoms with Crippen LogP contribution in [0, 0.1) is 0 Å². The lowest BCUT2D eigenvalue weighted by Gasteiger charge is -2.04. The highest BCUT2D eigenvalue weighted by molar-refractivity contribution is 6.58. The number of nitrogens with zero attached hydrogens (tertiary/aromatic N) is 2. The fourth-order valence-electron chi connectivity index (χ4n) is 2.86. The Balaban J connectivity index is 1.87. The molecule has 0 spiro atoms. The summed E-state index contributed by atoms with van der Waals surface area (Å²) in [4.78, 5) is 23.1. The Morgan fingerprint density at radius 1 is 1.16 bits per heavy atom. The first-order valence-electron chi connectivity index (χ1n) is 7.55. The van der Waals surface area contributed by atoms with E-state index in [1.807, 2.05) is 48.5 Å². The maximum Gasteiger partial charge on any atom is 0.344 e. The predicted octanol–water partition coefficient (Wildman–Crippen LogP) is 2.81. The number of H-pyrrole nitrogens is 1. The number of para-hydroxylation sites is 2. The third-order valence-corrected chi connectivity index (χ3v) is 3.88. The number of oxime groups is 1. The van der Waals surface area contributed by atoms with Crippen molar-refractivity contribution in [3.63, 3.8) is 0 Å². The predicted molar refractivity (Wildman–Crippen MR) is 92.7 cm³/mol. The van der Waals surface area contributed by atoms with Gasteiger partial charge in [-0.15, -0.1) is 0 Å². The fourth-order valence-corrected chi connectivity index (χ4v) is 2.86. The van der Waals surface area contributed by atoms with Crippen molar-refractivity contribution in [2.75, 3.05) is 6.61 Å². The molecule has 4 rings (SSSR count). The summed E-state index contributed by atoms with van der Waals surface area (Å²) >= 11 is 0. The van der Waals surface area contributed by atoms with Crippen LogP contribution >= 0.6 is 0 Å². The van der Waals surface area contributed by atoms with Crippen LogP contribution in [-0.2, 0) is 9.63 Å². The summed E-state index contributed by atoms with van der Waals surface area (Å²) in [5.41, 5.74) is 3.48. The van der Waals surface area contributed by atoms with Crippen LogP contribution in [-0.4, -0.2) is 39.2 Å². The van der Waals surface area contributed by atoms with E-state index < -0.39 is 12.6 Å². The van der Waals surface area contributed by atoms with Crippen molar-refractivity contribution < 1.29 is 19.8 Å². The molecular weight excluding hydrogens is 322 g/mol. The second-order valence-corrected chi connectivity index (χ2v) is 5.48. The molecular formula is C18H13N3O4. The number of aromatic nitrogens is 1. The number of aromatic amines is 1. The molecule has 0 saturated heterocycles. The van der Waals surface area contributed by atoms with Gasteiger partial charge in [-0.3, -0.25) is 0 Å². The number of benzene rings is 2. The number of aromatic hydroxyl groups is 1. The zero-order valence-electron chi connectivity index (χ0n) is 12.9. The van der Waals surface area contributed by atoms with Crippen LogP contribution in [0.25, 0.3) is 10.9 Å². The molecule has 0 bridgehead atoms. The fraction of sp³-hybridized carbons (Fsp3) is 0.0556. The normalized spacial score (nSPS) is 14.6. The van der Waals surface area contributed by atoms with E-state index in [-0.39, 0.29) is 5.88 Å². The van der Waals surface area contributed by atoms with Gasteiger partial charge in [0, 0.05) is 16.5 Å². The number of hydrogen-bond acceptors (Lipinski definition) is 5. The number of carbonyl (C=O) groups is 1. The number of hydrogen-bond donors (Lipinski definition) is 3. The Labute approximate surface area is 141 Å². The SMILES string of the molecule is O=C(O)CO/N=C1/C(c2c(O)[nH]c3ccccc23)=Nc2ccccc21. The quantitative estimate of drug-likeness (QED) is 0.637. The molecule has 0 aliphatic carbocycles. The minimum atomic E-state index is -1.12. The Morgan fingerprint density at radius 3 is 2.76 bits per heavy atom. The molecule has 1 aliphatic rings. The smallest absolute Gasteiger partial charge is 0.344 e. The van der Waals surface area contributed by atoms with Gasteiger partial charge < -0.3 is 20.0 Å². The minimum absolute atomic E-state index is 0.0290. The van der Waals surface area contributed by atoms with E-state index in [9.17, 15) is 9.90 Å². The third-order valence-electron chi connectivity index (χ3n) is 3.88. The molecule has 3 N–H and O–H groups in total. The molecule has 2 aromatic carbocycles. The summed E-state index contributed by atoms with van der Waals surface area (Å²) < 4.78 is 0. The molecule has 0 atom stereocenters. The summed E-state index contributed by atoms with van der Waals surface area (Å²) in [6, 6.07) is 14.7. The van der Waals surface area contributed by atoms with Crippen molar-refractivity contribution in [2.45, 2.75) is 0 Å². The molecule has 0 saturated carbocycles. The van der Waals surface area contributed by atoms with Gasteiger partial charge in [0.1, 0.15) is 11.4 Å². The van der Waals surface area contributed by atoms with Gasteiger partial charge in [0.05, 0.1) is 11.3 Å². The van der Waals surface area contributed by atoms with Crippen molar-refractivity contribution in [2.24, 2.45) is 10.1 Å². The van der Waals surface area contributed by atoms with Crippen molar-refractivity contribution in [1.82, 2.24) is 4.98 Å². The average molecular weight is 335 g/mol. The van der Waals surface area contributed by atoms with Gasteiger partial charge >= 0.3 is 5.97 Å². The van der Waals surface area contributed by atoms with Gasteiger partial charge in [-0.1, -0.05) is 41.6 Å². The molecule has 1 aromatic heterocycles. The topological polar surface area (TPSA) is 107 Å². The van der Waals surface area contributed by atoms with Crippen LogP contribution in [0.2, 0.25) is 0 Å². The van der Waals surface area contributed by atoms with E-state index in [0.29, 0.717) is 28.2 Å². The highest BCUT2D eigenvalue weighted by Gasteiger charge is 2.29. The Bertz CT molecular complexity index is 1050. The number of carboxylic acid groups (broad SMARTS) is 1. The standard InChI is InChI=1S/C18H13N3O4/c22-14(23)9-25-21-16-11-6-2-4-8-13(11)19-17(16)15-10-5-1-3-7-12(10)20-18(15)24/h1-8,20,24H,9H2,(H,22,23)/b21-16+. The van der Waals surface area contributed by atoms with Gasteiger partial charge in [-0.25, -0.2) is 9.79 Å². The van der Waals surface area contributed by atoms with Gasteiger partial charge in [-0.2, -0.15) is 0 Å². The van der Waals surface area contributed by atoms with Gasteiger partial charge in [0.15, 0.2) is 5.88 Å².